The van der Waals surface area contributed by atoms with Crippen molar-refractivity contribution in [2.45, 2.75) is 51.8 Å². The number of hydrogen-bond donors (Lipinski definition) is 1. The highest BCUT2D eigenvalue weighted by Gasteiger charge is 2.32. The predicted octanol–water partition coefficient (Wildman–Crippen LogP) is 4.11. The molecule has 0 bridgehead atoms. The molecule has 0 unspecified atom stereocenters. The van der Waals surface area contributed by atoms with Gasteiger partial charge in [-0.15, -0.1) is 0 Å². The largest absolute Gasteiger partial charge is 0.349 e. The second kappa shape index (κ2) is 9.75. The lowest BCUT2D eigenvalue weighted by Gasteiger charge is -2.31. The van der Waals surface area contributed by atoms with Crippen molar-refractivity contribution in [1.29, 1.82) is 0 Å². The van der Waals surface area contributed by atoms with Crippen LogP contribution in [0.5, 0.6) is 0 Å². The maximum absolute atomic E-state index is 12.8. The van der Waals surface area contributed by atoms with E-state index >= 15 is 0 Å². The fraction of sp³-hybridized carbons (Fsp3) is 0.458. The molecule has 0 radical (unpaired) electrons. The van der Waals surface area contributed by atoms with E-state index in [1.54, 1.807) is 4.31 Å². The molecule has 6 heteroatoms. The highest BCUT2D eigenvalue weighted by molar-refractivity contribution is 7.88. The lowest BCUT2D eigenvalue weighted by Crippen LogP contribution is -2.44. The van der Waals surface area contributed by atoms with Gasteiger partial charge in [-0.2, -0.15) is 0 Å². The molecule has 1 aliphatic heterocycles. The van der Waals surface area contributed by atoms with Crippen molar-refractivity contribution in [3.63, 3.8) is 0 Å². The van der Waals surface area contributed by atoms with Gasteiger partial charge in [-0.1, -0.05) is 61.0 Å². The molecule has 1 amide bonds. The maximum Gasteiger partial charge on any atom is 0.223 e. The summed E-state index contributed by atoms with van der Waals surface area (Å²) in [6.07, 6.45) is 1.94. The first kappa shape index (κ1) is 22.5. The summed E-state index contributed by atoms with van der Waals surface area (Å²) in [6, 6.07) is 15.8. The topological polar surface area (TPSA) is 66.5 Å². The van der Waals surface area contributed by atoms with Crippen LogP contribution in [0.2, 0.25) is 0 Å². The first-order valence-electron chi connectivity index (χ1n) is 10.7. The van der Waals surface area contributed by atoms with Crippen LogP contribution in [0, 0.1) is 19.8 Å². The molecule has 1 aliphatic rings. The minimum atomic E-state index is -3.38. The number of nitrogens with one attached hydrogen (secondary N) is 1. The number of carbonyl (C=O) groups is 1. The number of amides is 1. The molecule has 0 saturated carbocycles. The summed E-state index contributed by atoms with van der Waals surface area (Å²) in [5, 5.41) is 3.17. The molecule has 162 valence electrons. The summed E-state index contributed by atoms with van der Waals surface area (Å²) >= 11 is 0. The van der Waals surface area contributed by atoms with Crippen LogP contribution in [0.4, 0.5) is 0 Å². The average Bonchev–Trinajstić information content (AvgIpc) is 2.74. The van der Waals surface area contributed by atoms with E-state index in [0.29, 0.717) is 25.9 Å². The molecule has 0 spiro atoms. The van der Waals surface area contributed by atoms with E-state index in [2.05, 4.69) is 36.5 Å². The summed E-state index contributed by atoms with van der Waals surface area (Å²) in [5.74, 6) is -0.102. The standard InChI is InChI=1S/C24H32N2O3S/c1-4-23(20-11-9-18(2)10-12-20)25-24(27)21-13-15-26(16-14-21)30(28,29)17-22-8-6-5-7-19(22)3/h5-12,21,23H,4,13-17H2,1-3H3,(H,25,27)/t23-/m1/s1. The van der Waals surface area contributed by atoms with E-state index < -0.39 is 10.0 Å². The Morgan fingerprint density at radius 3 is 2.30 bits per heavy atom. The van der Waals surface area contributed by atoms with Crippen molar-refractivity contribution in [3.8, 4) is 0 Å². The van der Waals surface area contributed by atoms with Gasteiger partial charge in [0.2, 0.25) is 15.9 Å². The van der Waals surface area contributed by atoms with Crippen molar-refractivity contribution in [2.24, 2.45) is 5.92 Å². The average molecular weight is 429 g/mol. The van der Waals surface area contributed by atoms with Gasteiger partial charge >= 0.3 is 0 Å². The maximum atomic E-state index is 12.8. The van der Waals surface area contributed by atoms with Gasteiger partial charge in [-0.25, -0.2) is 12.7 Å². The van der Waals surface area contributed by atoms with Gasteiger partial charge in [-0.3, -0.25) is 4.79 Å². The van der Waals surface area contributed by atoms with Crippen molar-refractivity contribution >= 4 is 15.9 Å². The molecule has 3 rings (SSSR count). The highest BCUT2D eigenvalue weighted by Crippen LogP contribution is 2.24. The molecule has 1 heterocycles. The van der Waals surface area contributed by atoms with Crippen LogP contribution < -0.4 is 5.32 Å². The zero-order valence-corrected chi connectivity index (χ0v) is 18.9. The van der Waals surface area contributed by atoms with E-state index in [0.717, 1.165) is 23.1 Å². The number of aryl methyl sites for hydroxylation is 2. The number of nitrogens with zero attached hydrogens (tertiary/aromatic N) is 1. The molecule has 0 aromatic heterocycles. The SMILES string of the molecule is CC[C@@H](NC(=O)C1CCN(S(=O)(=O)Cc2ccccc2C)CC1)c1ccc(C)cc1. The van der Waals surface area contributed by atoms with Crippen LogP contribution in [0.3, 0.4) is 0 Å². The van der Waals surface area contributed by atoms with Gasteiger partial charge in [0, 0.05) is 19.0 Å². The molecule has 1 N–H and O–H groups in total. The Labute approximate surface area is 180 Å². The van der Waals surface area contributed by atoms with E-state index in [1.807, 2.05) is 38.1 Å². The number of carbonyl (C=O) groups excluding carboxylic acids is 1. The first-order valence-corrected chi connectivity index (χ1v) is 12.3. The molecule has 1 saturated heterocycles. The molecule has 2 aromatic carbocycles. The van der Waals surface area contributed by atoms with Crippen LogP contribution in [0.15, 0.2) is 48.5 Å². The number of rotatable bonds is 7. The third-order valence-corrected chi connectivity index (χ3v) is 7.85. The summed E-state index contributed by atoms with van der Waals surface area (Å²) in [7, 11) is -3.38. The summed E-state index contributed by atoms with van der Waals surface area (Å²) in [6.45, 7) is 6.83. The molecule has 1 atom stereocenters. The van der Waals surface area contributed by atoms with Crippen molar-refractivity contribution < 1.29 is 13.2 Å². The molecule has 30 heavy (non-hydrogen) atoms. The second-order valence-corrected chi connectivity index (χ2v) is 10.2. The van der Waals surface area contributed by atoms with Crippen molar-refractivity contribution in [3.05, 3.63) is 70.8 Å². The normalized spacial score (nSPS) is 16.9. The Morgan fingerprint density at radius 2 is 1.70 bits per heavy atom. The fourth-order valence-electron chi connectivity index (χ4n) is 3.97. The van der Waals surface area contributed by atoms with Crippen molar-refractivity contribution in [2.75, 3.05) is 13.1 Å². The monoisotopic (exact) mass is 428 g/mol. The quantitative estimate of drug-likeness (QED) is 0.722. The number of piperidine rings is 1. The summed E-state index contributed by atoms with van der Waals surface area (Å²) in [5.41, 5.74) is 4.12. The molecule has 5 nitrogen and oxygen atoms in total. The lowest BCUT2D eigenvalue weighted by atomic mass is 9.95. The third kappa shape index (κ3) is 5.49. The summed E-state index contributed by atoms with van der Waals surface area (Å²) < 4.78 is 27.2. The van der Waals surface area contributed by atoms with E-state index in [4.69, 9.17) is 0 Å². The molecule has 0 aliphatic carbocycles. The fourth-order valence-corrected chi connectivity index (χ4v) is 5.63. The van der Waals surface area contributed by atoms with Crippen LogP contribution in [-0.4, -0.2) is 31.7 Å². The minimum Gasteiger partial charge on any atom is -0.349 e. The van der Waals surface area contributed by atoms with Gasteiger partial charge in [0.05, 0.1) is 11.8 Å². The zero-order chi connectivity index (χ0) is 21.7. The number of hydrogen-bond acceptors (Lipinski definition) is 3. The van der Waals surface area contributed by atoms with Gasteiger partial charge in [0.15, 0.2) is 0 Å². The smallest absolute Gasteiger partial charge is 0.223 e. The number of sulfonamides is 1. The minimum absolute atomic E-state index is 0.0130. The lowest BCUT2D eigenvalue weighted by molar-refractivity contribution is -0.126. The van der Waals surface area contributed by atoms with E-state index in [9.17, 15) is 13.2 Å². The zero-order valence-electron chi connectivity index (χ0n) is 18.1. The molecular formula is C24H32N2O3S. The third-order valence-electron chi connectivity index (χ3n) is 6.02. The van der Waals surface area contributed by atoms with Gasteiger partial charge in [0.1, 0.15) is 0 Å². The molecular weight excluding hydrogens is 396 g/mol. The van der Waals surface area contributed by atoms with Crippen LogP contribution >= 0.6 is 0 Å². The highest BCUT2D eigenvalue weighted by atomic mass is 32.2. The van der Waals surface area contributed by atoms with Crippen LogP contribution in [-0.2, 0) is 20.6 Å². The van der Waals surface area contributed by atoms with Gasteiger partial charge in [0.25, 0.3) is 0 Å². The van der Waals surface area contributed by atoms with E-state index in [-0.39, 0.29) is 23.6 Å². The number of benzene rings is 2. The summed E-state index contributed by atoms with van der Waals surface area (Å²) in [4.78, 5) is 12.8. The Balaban J connectivity index is 1.57. The first-order chi connectivity index (χ1) is 14.3. The van der Waals surface area contributed by atoms with Gasteiger partial charge in [-0.05, 0) is 49.8 Å². The van der Waals surface area contributed by atoms with Gasteiger partial charge < -0.3 is 5.32 Å². The van der Waals surface area contributed by atoms with Crippen LogP contribution in [0.1, 0.15) is 54.5 Å². The second-order valence-electron chi connectivity index (χ2n) is 8.24. The Morgan fingerprint density at radius 1 is 1.07 bits per heavy atom. The van der Waals surface area contributed by atoms with Crippen molar-refractivity contribution in [1.82, 2.24) is 9.62 Å². The van der Waals surface area contributed by atoms with Crippen LogP contribution in [0.25, 0.3) is 0 Å². The molecule has 1 fully saturated rings. The molecule has 2 aromatic rings. The predicted molar refractivity (Wildman–Crippen MR) is 120 cm³/mol. The van der Waals surface area contributed by atoms with E-state index in [1.165, 1.54) is 5.56 Å². The Bertz CT molecular complexity index is 962. The Kier molecular flexibility index (Phi) is 7.32. The Hall–Kier alpha value is -2.18.